The Labute approximate surface area is 212 Å². The highest BCUT2D eigenvalue weighted by molar-refractivity contribution is 8.01. The molecule has 1 unspecified atom stereocenters. The zero-order valence-corrected chi connectivity index (χ0v) is 20.9. The molecular weight excluding hydrogens is 516 g/mol. The van der Waals surface area contributed by atoms with Crippen molar-refractivity contribution >= 4 is 63.6 Å². The molecule has 35 heavy (non-hydrogen) atoms. The van der Waals surface area contributed by atoms with Crippen LogP contribution in [0.15, 0.2) is 27.9 Å². The topological polar surface area (TPSA) is 181 Å². The van der Waals surface area contributed by atoms with Crippen LogP contribution in [0.5, 0.6) is 0 Å². The second-order valence-corrected chi connectivity index (χ2v) is 10.5. The fourth-order valence-electron chi connectivity index (χ4n) is 3.61. The molecule has 0 spiro atoms. The molecule has 1 fully saturated rings. The first-order valence-corrected chi connectivity index (χ1v) is 13.4. The first kappa shape index (κ1) is 25.1. The number of H-pyrrole nitrogens is 1. The lowest BCUT2D eigenvalue weighted by atomic mass is 10.0. The number of esters is 1. The summed E-state index contributed by atoms with van der Waals surface area (Å²) in [5.41, 5.74) is 6.98. The molecule has 5 N–H and O–H groups in total. The number of hydrogen-bond acceptors (Lipinski definition) is 11. The normalized spacial score (nSPS) is 19.2. The van der Waals surface area contributed by atoms with E-state index in [0.717, 1.165) is 0 Å². The van der Waals surface area contributed by atoms with E-state index in [0.29, 0.717) is 32.9 Å². The quantitative estimate of drug-likeness (QED) is 0.189. The van der Waals surface area contributed by atoms with Gasteiger partial charge in [-0.2, -0.15) is 0 Å². The van der Waals surface area contributed by atoms with Gasteiger partial charge in [-0.1, -0.05) is 11.8 Å². The maximum atomic E-state index is 12.8. The highest BCUT2D eigenvalue weighted by Crippen LogP contribution is 2.41. The number of rotatable bonds is 10. The third-order valence-corrected chi connectivity index (χ3v) is 8.26. The Balaban J connectivity index is 1.38. The van der Waals surface area contributed by atoms with E-state index in [9.17, 15) is 24.3 Å². The van der Waals surface area contributed by atoms with E-state index >= 15 is 0 Å². The number of nitrogens with two attached hydrogens (primary N) is 1. The molecule has 0 radical (unpaired) electrons. The van der Waals surface area contributed by atoms with Crippen molar-refractivity contribution in [1.29, 1.82) is 0 Å². The minimum Gasteiger partial charge on any atom is -0.477 e. The zero-order valence-electron chi connectivity index (χ0n) is 18.5. The lowest BCUT2D eigenvalue weighted by Gasteiger charge is -2.49. The van der Waals surface area contributed by atoms with E-state index in [1.54, 1.807) is 18.4 Å². The van der Waals surface area contributed by atoms with Crippen LogP contribution in [0.1, 0.15) is 18.3 Å². The fourth-order valence-corrected chi connectivity index (χ4v) is 6.58. The summed E-state index contributed by atoms with van der Waals surface area (Å²) in [6.45, 7) is 1.97. The molecule has 2 aromatic rings. The van der Waals surface area contributed by atoms with E-state index in [-0.39, 0.29) is 36.8 Å². The Bertz CT molecular complexity index is 1190. The van der Waals surface area contributed by atoms with E-state index in [4.69, 9.17) is 10.5 Å². The van der Waals surface area contributed by atoms with Gasteiger partial charge in [0.15, 0.2) is 0 Å². The summed E-state index contributed by atoms with van der Waals surface area (Å²) in [6.07, 6.45) is 0.00519. The third-order valence-electron chi connectivity index (χ3n) is 5.20. The highest BCUT2D eigenvalue weighted by Gasteiger charge is 2.54. The standard InChI is InChI=1S/C20H22N6O6S3/c1-2-32-13(28)6-11-22-20(25-24-11)35-8-10-7-34-18-14(17(29)26(18)15(10)19(30)31)23-12(27)5-9-3-4-33-16(9)21/h3-4,14,18H,2,5-8,21H2,1H3,(H,23,27)(H,30,31)(H,22,24,25)/t14?,18-/m0/s1. The largest absolute Gasteiger partial charge is 0.477 e. The number of nitrogens with zero attached hydrogens (tertiary/aromatic N) is 3. The molecule has 0 aliphatic carbocycles. The molecule has 0 aromatic carbocycles. The molecule has 2 atom stereocenters. The van der Waals surface area contributed by atoms with Gasteiger partial charge in [-0.05, 0) is 29.5 Å². The number of hydrogen-bond donors (Lipinski definition) is 4. The predicted octanol–water partition coefficient (Wildman–Crippen LogP) is 0.627. The van der Waals surface area contributed by atoms with Crippen LogP contribution in [0.2, 0.25) is 0 Å². The number of β-lactam (4-membered cyclic amide) rings is 1. The number of thiophene rings is 1. The Morgan fingerprint density at radius 1 is 1.40 bits per heavy atom. The van der Waals surface area contributed by atoms with Gasteiger partial charge in [0.25, 0.3) is 5.91 Å². The number of nitrogens with one attached hydrogen (secondary N) is 2. The molecule has 0 bridgehead atoms. The molecule has 186 valence electrons. The smallest absolute Gasteiger partial charge is 0.352 e. The Hall–Kier alpha value is -3.04. The summed E-state index contributed by atoms with van der Waals surface area (Å²) in [4.78, 5) is 54.2. The maximum absolute atomic E-state index is 12.8. The molecule has 1 saturated heterocycles. The first-order valence-electron chi connectivity index (χ1n) is 10.5. The third kappa shape index (κ3) is 5.46. The van der Waals surface area contributed by atoms with Crippen molar-refractivity contribution in [2.24, 2.45) is 0 Å². The van der Waals surface area contributed by atoms with Gasteiger partial charge in [-0.25, -0.2) is 9.78 Å². The molecule has 2 aromatic heterocycles. The number of ether oxygens (including phenoxy) is 1. The highest BCUT2D eigenvalue weighted by atomic mass is 32.2. The van der Waals surface area contributed by atoms with Gasteiger partial charge in [-0.15, -0.1) is 28.2 Å². The molecule has 4 rings (SSSR count). The first-order chi connectivity index (χ1) is 16.8. The molecular formula is C20H22N6O6S3. The fraction of sp³-hybridized carbons (Fsp3) is 0.400. The monoisotopic (exact) mass is 538 g/mol. The Morgan fingerprint density at radius 3 is 2.89 bits per heavy atom. The number of carboxylic acids is 1. The lowest BCUT2D eigenvalue weighted by Crippen LogP contribution is -2.70. The van der Waals surface area contributed by atoms with Crippen molar-refractivity contribution < 1.29 is 29.0 Å². The minimum absolute atomic E-state index is 0.0452. The summed E-state index contributed by atoms with van der Waals surface area (Å²) in [5.74, 6) is -1.50. The number of nitrogen functional groups attached to an aromatic ring is 1. The Morgan fingerprint density at radius 2 is 2.20 bits per heavy atom. The number of carboxylic acid groups (broad SMARTS) is 1. The molecule has 4 heterocycles. The number of carbonyl (C=O) groups is 4. The molecule has 12 nitrogen and oxygen atoms in total. The number of amides is 2. The average molecular weight is 539 g/mol. The van der Waals surface area contributed by atoms with Crippen LogP contribution in [-0.4, -0.2) is 78.5 Å². The summed E-state index contributed by atoms with van der Waals surface area (Å²) < 4.78 is 4.87. The van der Waals surface area contributed by atoms with Crippen molar-refractivity contribution in [3.05, 3.63) is 34.1 Å². The van der Waals surface area contributed by atoms with Crippen LogP contribution in [-0.2, 0) is 36.8 Å². The summed E-state index contributed by atoms with van der Waals surface area (Å²) in [7, 11) is 0. The second kappa shape index (κ2) is 10.7. The minimum atomic E-state index is -1.21. The van der Waals surface area contributed by atoms with Gasteiger partial charge in [-0.3, -0.25) is 24.4 Å². The van der Waals surface area contributed by atoms with E-state index in [2.05, 4.69) is 20.5 Å². The van der Waals surface area contributed by atoms with Crippen LogP contribution in [0.4, 0.5) is 5.00 Å². The average Bonchev–Trinajstić information content (AvgIpc) is 3.43. The number of thioether (sulfide) groups is 2. The van der Waals surface area contributed by atoms with Crippen LogP contribution in [0.3, 0.4) is 0 Å². The van der Waals surface area contributed by atoms with Gasteiger partial charge < -0.3 is 20.9 Å². The molecule has 15 heteroatoms. The van der Waals surface area contributed by atoms with Crippen molar-refractivity contribution in [2.45, 2.75) is 36.3 Å². The summed E-state index contributed by atoms with van der Waals surface area (Å²) in [5, 5.41) is 21.4. The van der Waals surface area contributed by atoms with E-state index in [1.807, 2.05) is 0 Å². The van der Waals surface area contributed by atoms with Crippen LogP contribution in [0.25, 0.3) is 0 Å². The zero-order chi connectivity index (χ0) is 25.1. The van der Waals surface area contributed by atoms with Crippen molar-refractivity contribution in [2.75, 3.05) is 23.8 Å². The van der Waals surface area contributed by atoms with Crippen LogP contribution < -0.4 is 11.1 Å². The van der Waals surface area contributed by atoms with Gasteiger partial charge in [0.05, 0.1) is 18.0 Å². The van der Waals surface area contributed by atoms with Crippen molar-refractivity contribution in [1.82, 2.24) is 25.4 Å². The number of aliphatic carboxylic acids is 1. The molecule has 2 aliphatic rings. The molecule has 2 amide bonds. The number of carbonyl (C=O) groups excluding carboxylic acids is 3. The van der Waals surface area contributed by atoms with Crippen LogP contribution in [0, 0.1) is 0 Å². The van der Waals surface area contributed by atoms with Crippen molar-refractivity contribution in [3.8, 4) is 0 Å². The summed E-state index contributed by atoms with van der Waals surface area (Å²) in [6, 6.07) is 0.960. The Kier molecular flexibility index (Phi) is 7.66. The number of anilines is 1. The van der Waals surface area contributed by atoms with Crippen LogP contribution >= 0.6 is 34.9 Å². The second-order valence-electron chi connectivity index (χ2n) is 7.53. The predicted molar refractivity (Wildman–Crippen MR) is 130 cm³/mol. The van der Waals surface area contributed by atoms with Gasteiger partial charge in [0.1, 0.15) is 29.4 Å². The SMILES string of the molecule is CCOC(=O)Cc1nc(SCC2=C(C(=O)O)N3C(=O)C(NC(=O)Cc4ccsc4N)[C@@H]3SC2)n[nH]1. The van der Waals surface area contributed by atoms with Gasteiger partial charge in [0, 0.05) is 11.5 Å². The van der Waals surface area contributed by atoms with E-state index in [1.165, 1.54) is 39.8 Å². The number of aromatic amines is 1. The van der Waals surface area contributed by atoms with Crippen molar-refractivity contribution in [3.63, 3.8) is 0 Å². The van der Waals surface area contributed by atoms with Gasteiger partial charge >= 0.3 is 11.9 Å². The number of aromatic nitrogens is 3. The lowest BCUT2D eigenvalue weighted by molar-refractivity contribution is -0.150. The van der Waals surface area contributed by atoms with Gasteiger partial charge in [0.2, 0.25) is 11.1 Å². The number of fused-ring (bicyclic) bond motifs is 1. The maximum Gasteiger partial charge on any atom is 0.352 e. The summed E-state index contributed by atoms with van der Waals surface area (Å²) >= 11 is 3.91. The molecule has 2 aliphatic heterocycles. The van der Waals surface area contributed by atoms with E-state index < -0.39 is 29.3 Å². The molecule has 0 saturated carbocycles.